The first kappa shape index (κ1) is 10.7. The molecule has 14 heavy (non-hydrogen) atoms. The molecule has 3 nitrogen and oxygen atoms in total. The first-order valence-electron chi connectivity index (χ1n) is 4.04. The summed E-state index contributed by atoms with van der Waals surface area (Å²) >= 11 is 0. The molecular formula is C9H10F2N2O. The summed E-state index contributed by atoms with van der Waals surface area (Å²) in [6.07, 6.45) is -2.06. The van der Waals surface area contributed by atoms with E-state index in [1.54, 1.807) is 0 Å². The van der Waals surface area contributed by atoms with Gasteiger partial charge in [-0.2, -0.15) is 0 Å². The molecule has 1 rings (SSSR count). The second kappa shape index (κ2) is 4.23. The van der Waals surface area contributed by atoms with E-state index in [1.807, 2.05) is 0 Å². The third-order valence-electron chi connectivity index (χ3n) is 1.92. The van der Waals surface area contributed by atoms with Gasteiger partial charge in [-0.15, -0.1) is 0 Å². The quantitative estimate of drug-likeness (QED) is 0.754. The maximum absolute atomic E-state index is 12.3. The summed E-state index contributed by atoms with van der Waals surface area (Å²) < 4.78 is 24.6. The topological polar surface area (TPSA) is 56.0 Å². The Balaban J connectivity index is 3.31. The van der Waals surface area contributed by atoms with Crippen LogP contribution < -0.4 is 5.73 Å². The molecule has 0 fully saturated rings. The normalized spacial score (nSPS) is 10.6. The van der Waals surface area contributed by atoms with Crippen molar-refractivity contribution in [2.45, 2.75) is 19.9 Å². The van der Waals surface area contributed by atoms with Gasteiger partial charge in [-0.05, 0) is 18.6 Å². The number of aryl methyl sites for hydroxylation is 1. The number of hydrogen-bond acceptors (Lipinski definition) is 3. The molecule has 0 radical (unpaired) electrons. The zero-order chi connectivity index (χ0) is 10.7. The molecule has 0 aromatic carbocycles. The molecule has 1 heterocycles. The fourth-order valence-corrected chi connectivity index (χ4v) is 1.22. The number of alkyl halides is 2. The zero-order valence-corrected chi connectivity index (χ0v) is 7.63. The number of carbonyl (C=O) groups excluding carboxylic acids is 1. The molecule has 0 aliphatic rings. The molecule has 0 saturated heterocycles. The molecule has 1 aromatic rings. The van der Waals surface area contributed by atoms with Crippen molar-refractivity contribution in [1.29, 1.82) is 0 Å². The monoisotopic (exact) mass is 200 g/mol. The summed E-state index contributed by atoms with van der Waals surface area (Å²) in [7, 11) is 0. The van der Waals surface area contributed by atoms with Gasteiger partial charge >= 0.3 is 0 Å². The molecule has 0 saturated carbocycles. The summed E-state index contributed by atoms with van der Waals surface area (Å²) in [5, 5.41) is 0. The van der Waals surface area contributed by atoms with Crippen molar-refractivity contribution >= 4 is 6.29 Å². The minimum Gasteiger partial charge on any atom is -0.326 e. The van der Waals surface area contributed by atoms with Crippen molar-refractivity contribution in [2.24, 2.45) is 5.73 Å². The Bertz CT molecular complexity index is 353. The highest BCUT2D eigenvalue weighted by Crippen LogP contribution is 2.20. The predicted octanol–water partition coefficient (Wildman–Crippen LogP) is 1.60. The summed E-state index contributed by atoms with van der Waals surface area (Å²) in [5.41, 5.74) is 5.99. The summed E-state index contributed by atoms with van der Waals surface area (Å²) in [6.45, 7) is 1.56. The molecule has 76 valence electrons. The van der Waals surface area contributed by atoms with E-state index in [9.17, 15) is 13.6 Å². The van der Waals surface area contributed by atoms with Gasteiger partial charge in [0.2, 0.25) is 0 Å². The van der Waals surface area contributed by atoms with E-state index in [-0.39, 0.29) is 12.2 Å². The van der Waals surface area contributed by atoms with Crippen LogP contribution in [0, 0.1) is 6.92 Å². The molecular weight excluding hydrogens is 190 g/mol. The smallest absolute Gasteiger partial charge is 0.280 e. The van der Waals surface area contributed by atoms with Crippen LogP contribution in [-0.2, 0) is 6.54 Å². The predicted molar refractivity (Wildman–Crippen MR) is 47.2 cm³/mol. The molecule has 0 atom stereocenters. The third-order valence-corrected chi connectivity index (χ3v) is 1.92. The first-order valence-corrected chi connectivity index (χ1v) is 4.04. The van der Waals surface area contributed by atoms with Gasteiger partial charge in [0.15, 0.2) is 6.29 Å². The van der Waals surface area contributed by atoms with Crippen LogP contribution in [0.25, 0.3) is 0 Å². The average Bonchev–Trinajstić information content (AvgIpc) is 2.16. The van der Waals surface area contributed by atoms with Gasteiger partial charge in [0, 0.05) is 17.8 Å². The number of nitrogens with two attached hydrogens (primary N) is 1. The van der Waals surface area contributed by atoms with Gasteiger partial charge < -0.3 is 5.73 Å². The first-order chi connectivity index (χ1) is 6.60. The Labute approximate surface area is 79.9 Å². The van der Waals surface area contributed by atoms with Crippen molar-refractivity contribution < 1.29 is 13.6 Å². The van der Waals surface area contributed by atoms with Crippen molar-refractivity contribution in [3.05, 3.63) is 28.6 Å². The van der Waals surface area contributed by atoms with Gasteiger partial charge in [0.05, 0.1) is 0 Å². The number of pyridine rings is 1. The minimum absolute atomic E-state index is 0.0527. The standard InChI is InChI=1S/C9H10F2N2O/c1-5-7(4-14)6(3-12)2-8(13-5)9(10)11/h2,4,9H,3,12H2,1H3. The van der Waals surface area contributed by atoms with Gasteiger partial charge in [-0.3, -0.25) is 9.78 Å². The largest absolute Gasteiger partial charge is 0.326 e. The molecule has 1 aromatic heterocycles. The molecule has 0 bridgehead atoms. The van der Waals surface area contributed by atoms with Crippen LogP contribution in [-0.4, -0.2) is 11.3 Å². The fourth-order valence-electron chi connectivity index (χ4n) is 1.22. The number of aldehydes is 1. The zero-order valence-electron chi connectivity index (χ0n) is 7.63. The SMILES string of the molecule is Cc1nc(C(F)F)cc(CN)c1C=O. The Morgan fingerprint density at radius 1 is 1.64 bits per heavy atom. The molecule has 0 aliphatic carbocycles. The van der Waals surface area contributed by atoms with E-state index >= 15 is 0 Å². The van der Waals surface area contributed by atoms with Crippen molar-refractivity contribution in [1.82, 2.24) is 4.98 Å². The van der Waals surface area contributed by atoms with Crippen LogP contribution in [0.2, 0.25) is 0 Å². The number of aromatic nitrogens is 1. The van der Waals surface area contributed by atoms with Crippen molar-refractivity contribution in [2.75, 3.05) is 0 Å². The Morgan fingerprint density at radius 3 is 2.71 bits per heavy atom. The van der Waals surface area contributed by atoms with Crippen molar-refractivity contribution in [3.8, 4) is 0 Å². The van der Waals surface area contributed by atoms with Gasteiger partial charge in [0.25, 0.3) is 6.43 Å². The lowest BCUT2D eigenvalue weighted by molar-refractivity contribution is 0.112. The van der Waals surface area contributed by atoms with E-state index in [0.717, 1.165) is 0 Å². The van der Waals surface area contributed by atoms with Crippen LogP contribution in [0.1, 0.15) is 33.7 Å². The second-order valence-corrected chi connectivity index (χ2v) is 2.83. The lowest BCUT2D eigenvalue weighted by Crippen LogP contribution is -2.07. The lowest BCUT2D eigenvalue weighted by atomic mass is 10.1. The van der Waals surface area contributed by atoms with E-state index in [1.165, 1.54) is 13.0 Å². The fraction of sp³-hybridized carbons (Fsp3) is 0.333. The third kappa shape index (κ3) is 1.93. The number of nitrogens with zero attached hydrogens (tertiary/aromatic N) is 1. The molecule has 2 N–H and O–H groups in total. The van der Waals surface area contributed by atoms with Crippen LogP contribution in [0.4, 0.5) is 8.78 Å². The Kier molecular flexibility index (Phi) is 3.24. The van der Waals surface area contributed by atoms with Gasteiger partial charge in [-0.25, -0.2) is 8.78 Å². The molecule has 0 spiro atoms. The number of halogens is 2. The minimum atomic E-state index is -2.64. The number of carbonyl (C=O) groups is 1. The van der Waals surface area contributed by atoms with Crippen LogP contribution in [0.5, 0.6) is 0 Å². The summed E-state index contributed by atoms with van der Waals surface area (Å²) in [6, 6.07) is 1.17. The lowest BCUT2D eigenvalue weighted by Gasteiger charge is -2.07. The second-order valence-electron chi connectivity index (χ2n) is 2.83. The highest BCUT2D eigenvalue weighted by atomic mass is 19.3. The average molecular weight is 200 g/mol. The maximum atomic E-state index is 12.3. The molecule has 0 aliphatic heterocycles. The van der Waals surface area contributed by atoms with Crippen molar-refractivity contribution in [3.63, 3.8) is 0 Å². The Hall–Kier alpha value is -1.36. The molecule has 5 heteroatoms. The maximum Gasteiger partial charge on any atom is 0.280 e. The van der Waals surface area contributed by atoms with Gasteiger partial charge in [-0.1, -0.05) is 0 Å². The van der Waals surface area contributed by atoms with E-state index < -0.39 is 6.43 Å². The van der Waals surface area contributed by atoms with Gasteiger partial charge in [0.1, 0.15) is 5.69 Å². The highest BCUT2D eigenvalue weighted by Gasteiger charge is 2.14. The van der Waals surface area contributed by atoms with E-state index in [0.29, 0.717) is 23.1 Å². The van der Waals surface area contributed by atoms with Crippen LogP contribution in [0.15, 0.2) is 6.07 Å². The summed E-state index contributed by atoms with van der Waals surface area (Å²) in [4.78, 5) is 14.2. The molecule has 0 amide bonds. The van der Waals surface area contributed by atoms with E-state index in [2.05, 4.69) is 4.98 Å². The van der Waals surface area contributed by atoms with Crippen LogP contribution >= 0.6 is 0 Å². The number of rotatable bonds is 3. The van der Waals surface area contributed by atoms with Crippen LogP contribution in [0.3, 0.4) is 0 Å². The molecule has 0 unspecified atom stereocenters. The Morgan fingerprint density at radius 2 is 2.29 bits per heavy atom. The van der Waals surface area contributed by atoms with E-state index in [4.69, 9.17) is 5.73 Å². The highest BCUT2D eigenvalue weighted by molar-refractivity contribution is 5.78. The number of hydrogen-bond donors (Lipinski definition) is 1. The summed E-state index contributed by atoms with van der Waals surface area (Å²) in [5.74, 6) is 0.